The first-order valence-corrected chi connectivity index (χ1v) is 5.42. The Morgan fingerprint density at radius 1 is 1.27 bits per heavy atom. The standard InChI is InChI=1S/C8H7IN2/c10-8-9-7-4-2-1-3-6(7)5-11-8/h1-5H,(H2,10,11). The highest BCUT2D eigenvalue weighted by Crippen LogP contribution is 2.19. The maximum Gasteiger partial charge on any atom is 0.136 e. The first-order valence-electron chi connectivity index (χ1n) is 3.26. The van der Waals surface area contributed by atoms with Crippen LogP contribution in [0.3, 0.4) is 0 Å². The van der Waals surface area contributed by atoms with Gasteiger partial charge in [-0.1, -0.05) is 18.2 Å². The average molecular weight is 258 g/mol. The topological polar surface area (TPSA) is 38.4 Å². The molecule has 0 radical (unpaired) electrons. The third-order valence-corrected chi connectivity index (χ3v) is 3.83. The van der Waals surface area contributed by atoms with Crippen molar-refractivity contribution in [3.63, 3.8) is 0 Å². The van der Waals surface area contributed by atoms with Gasteiger partial charge in [-0.3, -0.25) is 5.73 Å². The number of benzene rings is 1. The van der Waals surface area contributed by atoms with E-state index in [1.165, 1.54) is 9.13 Å². The number of aliphatic imine (C=N–C) groups is 1. The van der Waals surface area contributed by atoms with Crippen molar-refractivity contribution >= 4 is 30.7 Å². The van der Waals surface area contributed by atoms with Crippen molar-refractivity contribution in [2.24, 2.45) is 10.7 Å². The number of fused-ring (bicyclic) bond motifs is 1. The van der Waals surface area contributed by atoms with E-state index in [1.807, 2.05) is 18.3 Å². The van der Waals surface area contributed by atoms with Crippen molar-refractivity contribution < 1.29 is 0 Å². The Morgan fingerprint density at radius 3 is 3.00 bits per heavy atom. The molecule has 3 heteroatoms. The van der Waals surface area contributed by atoms with Crippen molar-refractivity contribution in [3.8, 4) is 0 Å². The lowest BCUT2D eigenvalue weighted by atomic mass is 10.2. The van der Waals surface area contributed by atoms with E-state index < -0.39 is 0 Å². The summed E-state index contributed by atoms with van der Waals surface area (Å²) in [6.07, 6.45) is 1.84. The molecule has 2 nitrogen and oxygen atoms in total. The number of halogens is 1. The van der Waals surface area contributed by atoms with Crippen LogP contribution in [0.25, 0.3) is 0 Å². The van der Waals surface area contributed by atoms with Gasteiger partial charge in [0.1, 0.15) is 3.76 Å². The Hall–Kier alpha value is -0.550. The Bertz CT molecular complexity index is 342. The second kappa shape index (κ2) is 2.83. The molecule has 1 aliphatic rings. The molecule has 0 atom stereocenters. The molecule has 0 spiro atoms. The van der Waals surface area contributed by atoms with Crippen molar-refractivity contribution in [1.82, 2.24) is 0 Å². The van der Waals surface area contributed by atoms with Crippen LogP contribution in [0.2, 0.25) is 0 Å². The van der Waals surface area contributed by atoms with Crippen LogP contribution < -0.4 is 5.73 Å². The lowest BCUT2D eigenvalue weighted by Crippen LogP contribution is -2.08. The first-order chi connectivity index (χ1) is 5.36. The zero-order chi connectivity index (χ0) is 7.68. The minimum Gasteiger partial charge on any atom is -0.282 e. The molecule has 0 saturated carbocycles. The fourth-order valence-corrected chi connectivity index (χ4v) is 2.82. The molecule has 1 aliphatic heterocycles. The van der Waals surface area contributed by atoms with E-state index in [-0.39, 0.29) is 20.7 Å². The maximum absolute atomic E-state index is 5.62. The number of nitrogens with two attached hydrogens (primary N) is 1. The third-order valence-electron chi connectivity index (χ3n) is 1.43. The van der Waals surface area contributed by atoms with Gasteiger partial charge in [0.05, 0.1) is 0 Å². The minimum atomic E-state index is -0.171. The van der Waals surface area contributed by atoms with E-state index in [0.29, 0.717) is 0 Å². The van der Waals surface area contributed by atoms with Crippen LogP contribution in [0.4, 0.5) is 0 Å². The molecule has 1 aromatic rings. The third kappa shape index (κ3) is 1.39. The van der Waals surface area contributed by atoms with Crippen molar-refractivity contribution in [2.75, 3.05) is 0 Å². The lowest BCUT2D eigenvalue weighted by molar-refractivity contribution is 1.57. The maximum atomic E-state index is 5.62. The second-order valence-corrected chi connectivity index (χ2v) is 5.00. The summed E-state index contributed by atoms with van der Waals surface area (Å²) in [5, 5.41) is 0. The van der Waals surface area contributed by atoms with E-state index in [0.717, 1.165) is 3.76 Å². The first kappa shape index (κ1) is 7.12. The molecule has 0 amide bonds. The monoisotopic (exact) mass is 258 g/mol. The van der Waals surface area contributed by atoms with Crippen LogP contribution in [0.5, 0.6) is 0 Å². The molecular weight excluding hydrogens is 251 g/mol. The predicted octanol–water partition coefficient (Wildman–Crippen LogP) is 1.31. The molecule has 0 aliphatic carbocycles. The molecule has 0 fully saturated rings. The molecule has 2 rings (SSSR count). The molecule has 0 unspecified atom stereocenters. The van der Waals surface area contributed by atoms with Crippen molar-refractivity contribution in [1.29, 1.82) is 0 Å². The van der Waals surface area contributed by atoms with Gasteiger partial charge in [0.15, 0.2) is 0 Å². The SMILES string of the molecule is NC1=Ic2ccccc2C=N1. The van der Waals surface area contributed by atoms with Gasteiger partial charge in [0.2, 0.25) is 0 Å². The lowest BCUT2D eigenvalue weighted by Gasteiger charge is -2.04. The Kier molecular flexibility index (Phi) is 1.83. The molecule has 11 heavy (non-hydrogen) atoms. The van der Waals surface area contributed by atoms with Crippen LogP contribution in [0.15, 0.2) is 29.3 Å². The van der Waals surface area contributed by atoms with E-state index in [9.17, 15) is 0 Å². The fourth-order valence-electron chi connectivity index (χ4n) is 0.926. The Balaban J connectivity index is 2.61. The van der Waals surface area contributed by atoms with Gasteiger partial charge in [-0.15, -0.1) is 0 Å². The molecule has 56 valence electrons. The van der Waals surface area contributed by atoms with E-state index in [1.54, 1.807) is 0 Å². The molecule has 1 heterocycles. The highest BCUT2D eigenvalue weighted by molar-refractivity contribution is 14.2. The largest absolute Gasteiger partial charge is 0.282 e. The average Bonchev–Trinajstić information content (AvgIpc) is 2.04. The number of hydrogen-bond acceptors (Lipinski definition) is 2. The Labute approximate surface area is 74.9 Å². The van der Waals surface area contributed by atoms with Gasteiger partial charge in [0.25, 0.3) is 0 Å². The number of rotatable bonds is 0. The second-order valence-electron chi connectivity index (χ2n) is 2.20. The molecular formula is C8H7IN2. The summed E-state index contributed by atoms with van der Waals surface area (Å²) in [5.41, 5.74) is 6.85. The summed E-state index contributed by atoms with van der Waals surface area (Å²) in [4.78, 5) is 4.09. The summed E-state index contributed by atoms with van der Waals surface area (Å²) in [6, 6.07) is 8.27. The molecule has 1 aromatic carbocycles. The van der Waals surface area contributed by atoms with Crippen molar-refractivity contribution in [2.45, 2.75) is 0 Å². The van der Waals surface area contributed by atoms with Crippen LogP contribution in [0, 0.1) is 3.57 Å². The van der Waals surface area contributed by atoms with Gasteiger partial charge in [0, 0.05) is 15.3 Å². The highest BCUT2D eigenvalue weighted by atomic mass is 127. The van der Waals surface area contributed by atoms with Gasteiger partial charge < -0.3 is 0 Å². The van der Waals surface area contributed by atoms with E-state index in [4.69, 9.17) is 5.73 Å². The summed E-state index contributed by atoms with van der Waals surface area (Å²) < 4.78 is 2.18. The zero-order valence-corrected chi connectivity index (χ0v) is 7.95. The summed E-state index contributed by atoms with van der Waals surface area (Å²) in [5.74, 6) is 0. The minimum absolute atomic E-state index is 0.171. The molecule has 2 N–H and O–H groups in total. The van der Waals surface area contributed by atoms with Crippen LogP contribution in [-0.4, -0.2) is 9.97 Å². The molecule has 0 aromatic heterocycles. The predicted molar refractivity (Wildman–Crippen MR) is 55.9 cm³/mol. The van der Waals surface area contributed by atoms with Gasteiger partial charge in [-0.2, -0.15) is 0 Å². The fraction of sp³-hybridized carbons (Fsp3) is 0. The number of nitrogens with zero attached hydrogens (tertiary/aromatic N) is 1. The summed E-state index contributed by atoms with van der Waals surface area (Å²) in [6.45, 7) is 0. The molecule has 0 bridgehead atoms. The van der Waals surface area contributed by atoms with Crippen molar-refractivity contribution in [3.05, 3.63) is 33.4 Å². The van der Waals surface area contributed by atoms with Gasteiger partial charge in [-0.25, -0.2) is 4.99 Å². The van der Waals surface area contributed by atoms with Crippen LogP contribution in [-0.2, 0) is 0 Å². The smallest absolute Gasteiger partial charge is 0.136 e. The van der Waals surface area contributed by atoms with Crippen LogP contribution in [0.1, 0.15) is 5.56 Å². The van der Waals surface area contributed by atoms with E-state index in [2.05, 4.69) is 17.1 Å². The van der Waals surface area contributed by atoms with E-state index >= 15 is 0 Å². The Morgan fingerprint density at radius 2 is 2.09 bits per heavy atom. The van der Waals surface area contributed by atoms with Gasteiger partial charge in [-0.05, 0) is 26.8 Å². The highest BCUT2D eigenvalue weighted by Gasteiger charge is 2.01. The summed E-state index contributed by atoms with van der Waals surface area (Å²) >= 11 is -0.171. The number of hydrogen-bond donors (Lipinski definition) is 1. The quantitative estimate of drug-likeness (QED) is 0.700. The van der Waals surface area contributed by atoms with Gasteiger partial charge >= 0.3 is 0 Å². The normalized spacial score (nSPS) is 14.8. The molecule has 0 saturated heterocycles. The summed E-state index contributed by atoms with van der Waals surface area (Å²) in [7, 11) is 0. The van der Waals surface area contributed by atoms with Crippen LogP contribution >= 0.6 is 20.7 Å². The zero-order valence-electron chi connectivity index (χ0n) is 5.79.